The van der Waals surface area contributed by atoms with Crippen LogP contribution in [-0.2, 0) is 11.2 Å². The Bertz CT molecular complexity index is 423. The van der Waals surface area contributed by atoms with E-state index >= 15 is 0 Å². The summed E-state index contributed by atoms with van der Waals surface area (Å²) in [7, 11) is 0. The number of nitrogens with one attached hydrogen (secondary N) is 1. The summed E-state index contributed by atoms with van der Waals surface area (Å²) >= 11 is 3.31. The van der Waals surface area contributed by atoms with Gasteiger partial charge in [-0.3, -0.25) is 4.79 Å². The van der Waals surface area contributed by atoms with Crippen LogP contribution >= 0.6 is 15.9 Å². The molecular weight excluding hydrogens is 304 g/mol. The number of amides is 1. The van der Waals surface area contributed by atoms with Crippen molar-refractivity contribution in [2.45, 2.75) is 26.3 Å². The molecule has 1 atom stereocenters. The maximum absolute atomic E-state index is 13.4. The van der Waals surface area contributed by atoms with Gasteiger partial charge in [-0.1, -0.05) is 41.9 Å². The maximum atomic E-state index is 13.4. The van der Waals surface area contributed by atoms with E-state index < -0.39 is 11.6 Å². The standard InChI is InChI=1S/C13H16BrF2NO/c1-8(2)11(7-14)17-12(18)6-9-4-3-5-10(15)13(9)16/h3-5,8,11H,6-7H2,1-2H3,(H,17,18). The highest BCUT2D eigenvalue weighted by Gasteiger charge is 2.17. The molecule has 0 aliphatic carbocycles. The zero-order valence-electron chi connectivity index (χ0n) is 10.3. The molecule has 0 saturated heterocycles. The average Bonchev–Trinajstić information content (AvgIpc) is 2.31. The van der Waals surface area contributed by atoms with Gasteiger partial charge in [0.05, 0.1) is 6.42 Å². The SMILES string of the molecule is CC(C)C(CBr)NC(=O)Cc1cccc(F)c1F. The molecule has 0 bridgehead atoms. The average molecular weight is 320 g/mol. The Kier molecular flexibility index (Phi) is 5.72. The number of hydrogen-bond acceptors (Lipinski definition) is 1. The third kappa shape index (κ3) is 4.05. The fraction of sp³-hybridized carbons (Fsp3) is 0.462. The molecule has 5 heteroatoms. The highest BCUT2D eigenvalue weighted by molar-refractivity contribution is 9.09. The quantitative estimate of drug-likeness (QED) is 0.830. The van der Waals surface area contributed by atoms with Gasteiger partial charge in [0.2, 0.25) is 5.91 Å². The second-order valence-electron chi connectivity index (χ2n) is 4.46. The molecule has 0 saturated carbocycles. The Hall–Kier alpha value is -0.970. The number of rotatable bonds is 5. The summed E-state index contributed by atoms with van der Waals surface area (Å²) in [5, 5.41) is 3.41. The van der Waals surface area contributed by atoms with Gasteiger partial charge in [-0.05, 0) is 12.0 Å². The summed E-state index contributed by atoms with van der Waals surface area (Å²) in [6.45, 7) is 3.96. The van der Waals surface area contributed by atoms with Crippen LogP contribution in [0.5, 0.6) is 0 Å². The lowest BCUT2D eigenvalue weighted by molar-refractivity contribution is -0.121. The van der Waals surface area contributed by atoms with Crippen LogP contribution < -0.4 is 5.32 Å². The Morgan fingerprint density at radius 3 is 2.61 bits per heavy atom. The first-order valence-corrected chi connectivity index (χ1v) is 6.86. The van der Waals surface area contributed by atoms with Crippen LogP contribution in [0.3, 0.4) is 0 Å². The van der Waals surface area contributed by atoms with E-state index in [0.29, 0.717) is 5.33 Å². The van der Waals surface area contributed by atoms with E-state index in [1.807, 2.05) is 13.8 Å². The van der Waals surface area contributed by atoms with Gasteiger partial charge in [-0.15, -0.1) is 0 Å². The monoisotopic (exact) mass is 319 g/mol. The predicted octanol–water partition coefficient (Wildman–Crippen LogP) is 3.04. The summed E-state index contributed by atoms with van der Waals surface area (Å²) in [5.41, 5.74) is 0.0737. The molecular formula is C13H16BrF2NO. The molecule has 1 aromatic rings. The van der Waals surface area contributed by atoms with E-state index in [2.05, 4.69) is 21.2 Å². The van der Waals surface area contributed by atoms with Crippen molar-refractivity contribution >= 4 is 21.8 Å². The molecule has 100 valence electrons. The summed E-state index contributed by atoms with van der Waals surface area (Å²) < 4.78 is 26.3. The topological polar surface area (TPSA) is 29.1 Å². The normalized spacial score (nSPS) is 12.6. The van der Waals surface area contributed by atoms with Crippen molar-refractivity contribution in [1.29, 1.82) is 0 Å². The van der Waals surface area contributed by atoms with Gasteiger partial charge in [0.1, 0.15) is 0 Å². The lowest BCUT2D eigenvalue weighted by Gasteiger charge is -2.20. The molecule has 1 aromatic carbocycles. The number of halogens is 3. The minimum absolute atomic E-state index is 0.0193. The van der Waals surface area contributed by atoms with Crippen molar-refractivity contribution < 1.29 is 13.6 Å². The van der Waals surface area contributed by atoms with Gasteiger partial charge in [0.15, 0.2) is 11.6 Å². The molecule has 0 heterocycles. The predicted molar refractivity (Wildman–Crippen MR) is 70.6 cm³/mol. The van der Waals surface area contributed by atoms with Crippen LogP contribution in [0.25, 0.3) is 0 Å². The smallest absolute Gasteiger partial charge is 0.224 e. The molecule has 0 radical (unpaired) electrons. The molecule has 18 heavy (non-hydrogen) atoms. The van der Waals surface area contributed by atoms with Crippen molar-refractivity contribution in [3.8, 4) is 0 Å². The first-order chi connectivity index (χ1) is 8.45. The van der Waals surface area contributed by atoms with Crippen LogP contribution in [0.15, 0.2) is 18.2 Å². The van der Waals surface area contributed by atoms with E-state index in [-0.39, 0.29) is 29.9 Å². The number of alkyl halides is 1. The molecule has 0 spiro atoms. The van der Waals surface area contributed by atoms with Gasteiger partial charge < -0.3 is 5.32 Å². The van der Waals surface area contributed by atoms with Crippen LogP contribution in [0, 0.1) is 17.6 Å². The van der Waals surface area contributed by atoms with Crippen molar-refractivity contribution in [2.75, 3.05) is 5.33 Å². The van der Waals surface area contributed by atoms with Crippen LogP contribution in [-0.4, -0.2) is 17.3 Å². The molecule has 0 aliphatic heterocycles. The molecule has 0 aromatic heterocycles. The largest absolute Gasteiger partial charge is 0.352 e. The van der Waals surface area contributed by atoms with Crippen molar-refractivity contribution in [3.63, 3.8) is 0 Å². The minimum Gasteiger partial charge on any atom is -0.352 e. The summed E-state index contributed by atoms with van der Waals surface area (Å²) in [5.74, 6) is -1.92. The number of carbonyl (C=O) groups excluding carboxylic acids is 1. The molecule has 1 rings (SSSR count). The highest BCUT2D eigenvalue weighted by Crippen LogP contribution is 2.12. The highest BCUT2D eigenvalue weighted by atomic mass is 79.9. The second-order valence-corrected chi connectivity index (χ2v) is 5.11. The Morgan fingerprint density at radius 1 is 1.39 bits per heavy atom. The van der Waals surface area contributed by atoms with E-state index in [1.54, 1.807) is 0 Å². The Balaban J connectivity index is 2.67. The van der Waals surface area contributed by atoms with Crippen molar-refractivity contribution in [3.05, 3.63) is 35.4 Å². The zero-order chi connectivity index (χ0) is 13.7. The van der Waals surface area contributed by atoms with E-state index in [4.69, 9.17) is 0 Å². The molecule has 2 nitrogen and oxygen atoms in total. The second kappa shape index (κ2) is 6.83. The molecule has 0 aliphatic rings. The fourth-order valence-corrected chi connectivity index (χ4v) is 2.41. The third-order valence-electron chi connectivity index (χ3n) is 2.70. The minimum atomic E-state index is -0.951. The van der Waals surface area contributed by atoms with Crippen molar-refractivity contribution in [2.24, 2.45) is 5.92 Å². The van der Waals surface area contributed by atoms with E-state index in [0.717, 1.165) is 6.07 Å². The van der Waals surface area contributed by atoms with Gasteiger partial charge in [-0.2, -0.15) is 0 Å². The van der Waals surface area contributed by atoms with Gasteiger partial charge >= 0.3 is 0 Å². The van der Waals surface area contributed by atoms with Crippen LogP contribution in [0.2, 0.25) is 0 Å². The third-order valence-corrected chi connectivity index (χ3v) is 3.40. The fourth-order valence-electron chi connectivity index (χ4n) is 1.50. The number of carbonyl (C=O) groups is 1. The van der Waals surface area contributed by atoms with E-state index in [9.17, 15) is 13.6 Å². The molecule has 1 unspecified atom stereocenters. The Labute approximate surface area is 114 Å². The van der Waals surface area contributed by atoms with Gasteiger partial charge in [-0.25, -0.2) is 8.78 Å². The van der Waals surface area contributed by atoms with Crippen molar-refractivity contribution in [1.82, 2.24) is 5.32 Å². The Morgan fingerprint density at radius 2 is 2.06 bits per heavy atom. The van der Waals surface area contributed by atoms with Gasteiger partial charge in [0, 0.05) is 16.9 Å². The van der Waals surface area contributed by atoms with E-state index in [1.165, 1.54) is 12.1 Å². The molecule has 0 fully saturated rings. The zero-order valence-corrected chi connectivity index (χ0v) is 11.9. The summed E-state index contributed by atoms with van der Waals surface area (Å²) in [4.78, 5) is 11.7. The van der Waals surface area contributed by atoms with Gasteiger partial charge in [0.25, 0.3) is 0 Å². The number of benzene rings is 1. The lowest BCUT2D eigenvalue weighted by Crippen LogP contribution is -2.40. The molecule has 1 N–H and O–H groups in total. The first kappa shape index (κ1) is 15.1. The van der Waals surface area contributed by atoms with Crippen LogP contribution in [0.1, 0.15) is 19.4 Å². The number of hydrogen-bond donors (Lipinski definition) is 1. The molecule has 1 amide bonds. The maximum Gasteiger partial charge on any atom is 0.224 e. The summed E-state index contributed by atoms with van der Waals surface area (Å²) in [6.07, 6.45) is -0.153. The van der Waals surface area contributed by atoms with Crippen LogP contribution in [0.4, 0.5) is 8.78 Å². The summed E-state index contributed by atoms with van der Waals surface area (Å²) in [6, 6.07) is 3.82. The lowest BCUT2D eigenvalue weighted by atomic mass is 10.1. The first-order valence-electron chi connectivity index (χ1n) is 5.74.